The number of carbonyl (C=O) groups is 2. The van der Waals surface area contributed by atoms with Crippen LogP contribution in [0.3, 0.4) is 0 Å². The van der Waals surface area contributed by atoms with Crippen molar-refractivity contribution in [2.45, 2.75) is 6.04 Å². The third-order valence-corrected chi connectivity index (χ3v) is 4.56. The van der Waals surface area contributed by atoms with Gasteiger partial charge in [-0.25, -0.2) is 0 Å². The molecule has 2 amide bonds. The number of thioether (sulfide) groups is 1. The average molecular weight is 332 g/mol. The number of hydrogen-bond donors (Lipinski definition) is 1. The monoisotopic (exact) mass is 331 g/mol. The second-order valence-electron chi connectivity index (χ2n) is 4.87. The lowest BCUT2D eigenvalue weighted by atomic mass is 10.2. The molecule has 2 fully saturated rings. The smallest absolute Gasteiger partial charge is 0.289 e. The lowest BCUT2D eigenvalue weighted by molar-refractivity contribution is -0.134. The number of amides is 2. The Morgan fingerprint density at radius 3 is 2.52 bits per heavy atom. The van der Waals surface area contributed by atoms with Crippen molar-refractivity contribution in [1.82, 2.24) is 15.1 Å². The predicted octanol–water partition coefficient (Wildman–Crippen LogP) is 0.648. The van der Waals surface area contributed by atoms with E-state index in [1.54, 1.807) is 28.8 Å². The standard InChI is InChI=1S/C13H17N3O3S.ClH/c17-12(10-8-20-9-14-10)15-3-5-16(6-4-15)13(18)11-2-1-7-19-11;/h1-2,7,10,14H,3-6,8-9H2;1H. The minimum absolute atomic E-state index is 0. The van der Waals surface area contributed by atoms with Gasteiger partial charge in [-0.1, -0.05) is 0 Å². The fourth-order valence-corrected chi connectivity index (χ4v) is 3.39. The molecule has 1 aromatic rings. The van der Waals surface area contributed by atoms with Crippen molar-refractivity contribution in [3.63, 3.8) is 0 Å². The Kier molecular flexibility index (Phi) is 5.55. The van der Waals surface area contributed by atoms with Crippen molar-refractivity contribution in [2.75, 3.05) is 37.8 Å². The van der Waals surface area contributed by atoms with Crippen LogP contribution in [0, 0.1) is 0 Å². The van der Waals surface area contributed by atoms with Gasteiger partial charge in [-0.3, -0.25) is 14.9 Å². The van der Waals surface area contributed by atoms with Crippen molar-refractivity contribution in [3.05, 3.63) is 24.2 Å². The van der Waals surface area contributed by atoms with Gasteiger partial charge in [-0.15, -0.1) is 24.2 Å². The maximum Gasteiger partial charge on any atom is 0.289 e. The fraction of sp³-hybridized carbons (Fsp3) is 0.538. The second kappa shape index (κ2) is 7.20. The van der Waals surface area contributed by atoms with Gasteiger partial charge < -0.3 is 14.2 Å². The molecule has 0 aliphatic carbocycles. The molecule has 21 heavy (non-hydrogen) atoms. The van der Waals surface area contributed by atoms with Crippen molar-refractivity contribution < 1.29 is 14.0 Å². The van der Waals surface area contributed by atoms with E-state index in [1.165, 1.54) is 6.26 Å². The summed E-state index contributed by atoms with van der Waals surface area (Å²) in [7, 11) is 0. The zero-order valence-corrected chi connectivity index (χ0v) is 13.1. The minimum Gasteiger partial charge on any atom is -0.459 e. The Balaban J connectivity index is 0.00000161. The summed E-state index contributed by atoms with van der Waals surface area (Å²) in [6, 6.07) is 3.31. The number of furan rings is 1. The summed E-state index contributed by atoms with van der Waals surface area (Å²) in [5.74, 6) is 2.09. The molecule has 116 valence electrons. The summed E-state index contributed by atoms with van der Waals surface area (Å²) >= 11 is 1.74. The number of piperazine rings is 1. The first-order valence-corrected chi connectivity index (χ1v) is 7.84. The largest absolute Gasteiger partial charge is 0.459 e. The van der Waals surface area contributed by atoms with E-state index in [0.29, 0.717) is 31.9 Å². The maximum atomic E-state index is 12.2. The quantitative estimate of drug-likeness (QED) is 0.862. The third kappa shape index (κ3) is 3.53. The van der Waals surface area contributed by atoms with Crippen LogP contribution < -0.4 is 5.32 Å². The van der Waals surface area contributed by atoms with E-state index >= 15 is 0 Å². The number of hydrogen-bond acceptors (Lipinski definition) is 5. The molecule has 0 aromatic carbocycles. The maximum absolute atomic E-state index is 12.2. The molecule has 1 aromatic heterocycles. The summed E-state index contributed by atoms with van der Waals surface area (Å²) in [5.41, 5.74) is 0. The first kappa shape index (κ1) is 16.2. The van der Waals surface area contributed by atoms with Gasteiger partial charge in [0.2, 0.25) is 5.91 Å². The van der Waals surface area contributed by atoms with Crippen LogP contribution in [0.2, 0.25) is 0 Å². The van der Waals surface area contributed by atoms with Crippen molar-refractivity contribution in [2.24, 2.45) is 0 Å². The summed E-state index contributed by atoms with van der Waals surface area (Å²) in [5, 5.41) is 3.19. The van der Waals surface area contributed by atoms with Crippen LogP contribution >= 0.6 is 24.2 Å². The third-order valence-electron chi connectivity index (χ3n) is 3.62. The van der Waals surface area contributed by atoms with Crippen LogP contribution in [0.1, 0.15) is 10.6 Å². The van der Waals surface area contributed by atoms with E-state index < -0.39 is 0 Å². The highest BCUT2D eigenvalue weighted by molar-refractivity contribution is 7.99. The first-order valence-electron chi connectivity index (χ1n) is 6.68. The summed E-state index contributed by atoms with van der Waals surface area (Å²) < 4.78 is 5.12. The van der Waals surface area contributed by atoms with Crippen LogP contribution in [0.5, 0.6) is 0 Å². The van der Waals surface area contributed by atoms with E-state index in [0.717, 1.165) is 11.6 Å². The van der Waals surface area contributed by atoms with Crippen molar-refractivity contribution >= 4 is 36.0 Å². The van der Waals surface area contributed by atoms with Gasteiger partial charge in [0.15, 0.2) is 5.76 Å². The molecule has 1 atom stereocenters. The van der Waals surface area contributed by atoms with E-state index in [-0.39, 0.29) is 30.3 Å². The van der Waals surface area contributed by atoms with Crippen LogP contribution in [0.15, 0.2) is 22.8 Å². The molecule has 0 spiro atoms. The molecule has 2 saturated heterocycles. The number of carbonyl (C=O) groups excluding carboxylic acids is 2. The summed E-state index contributed by atoms with van der Waals surface area (Å²) in [6.07, 6.45) is 1.50. The molecule has 0 saturated carbocycles. The van der Waals surface area contributed by atoms with E-state index in [2.05, 4.69) is 5.32 Å². The van der Waals surface area contributed by atoms with Crippen LogP contribution in [0.25, 0.3) is 0 Å². The molecule has 0 bridgehead atoms. The molecular formula is C13H18ClN3O3S. The van der Waals surface area contributed by atoms with Gasteiger partial charge in [0, 0.05) is 37.8 Å². The second-order valence-corrected chi connectivity index (χ2v) is 5.90. The summed E-state index contributed by atoms with van der Waals surface area (Å²) in [4.78, 5) is 27.9. The topological polar surface area (TPSA) is 65.8 Å². The molecule has 2 aliphatic rings. The normalized spacial score (nSPS) is 22.0. The van der Waals surface area contributed by atoms with Crippen LogP contribution in [0.4, 0.5) is 0 Å². The molecule has 1 unspecified atom stereocenters. The first-order chi connectivity index (χ1) is 9.75. The SMILES string of the molecule is Cl.O=C(c1ccco1)N1CCN(C(=O)C2CSCN2)CC1. The fourth-order valence-electron chi connectivity index (χ4n) is 2.46. The van der Waals surface area contributed by atoms with E-state index in [1.807, 2.05) is 4.90 Å². The Morgan fingerprint density at radius 1 is 1.24 bits per heavy atom. The molecule has 0 radical (unpaired) electrons. The molecule has 1 N–H and O–H groups in total. The van der Waals surface area contributed by atoms with E-state index in [9.17, 15) is 9.59 Å². The van der Waals surface area contributed by atoms with Crippen LogP contribution in [-0.4, -0.2) is 65.5 Å². The summed E-state index contributed by atoms with van der Waals surface area (Å²) in [6.45, 7) is 2.30. The zero-order chi connectivity index (χ0) is 13.9. The Hall–Kier alpha value is -1.18. The van der Waals surface area contributed by atoms with Crippen LogP contribution in [-0.2, 0) is 4.79 Å². The molecule has 2 aliphatic heterocycles. The highest BCUT2D eigenvalue weighted by atomic mass is 35.5. The van der Waals surface area contributed by atoms with E-state index in [4.69, 9.17) is 4.42 Å². The van der Waals surface area contributed by atoms with Crippen molar-refractivity contribution in [3.8, 4) is 0 Å². The van der Waals surface area contributed by atoms with Gasteiger partial charge in [0.25, 0.3) is 5.91 Å². The molecular weight excluding hydrogens is 314 g/mol. The van der Waals surface area contributed by atoms with Gasteiger partial charge in [0.05, 0.1) is 12.3 Å². The highest BCUT2D eigenvalue weighted by Crippen LogP contribution is 2.14. The number of halogens is 1. The molecule has 3 rings (SSSR count). The minimum atomic E-state index is -0.100. The van der Waals surface area contributed by atoms with Gasteiger partial charge >= 0.3 is 0 Å². The number of rotatable bonds is 2. The predicted molar refractivity (Wildman–Crippen MR) is 82.7 cm³/mol. The number of nitrogens with zero attached hydrogens (tertiary/aromatic N) is 2. The lowest BCUT2D eigenvalue weighted by Crippen LogP contribution is -2.54. The Morgan fingerprint density at radius 2 is 1.95 bits per heavy atom. The van der Waals surface area contributed by atoms with Crippen molar-refractivity contribution in [1.29, 1.82) is 0 Å². The van der Waals surface area contributed by atoms with Gasteiger partial charge in [-0.05, 0) is 12.1 Å². The molecule has 8 heteroatoms. The molecule has 6 nitrogen and oxygen atoms in total. The molecule has 3 heterocycles. The van der Waals surface area contributed by atoms with Gasteiger partial charge in [0.1, 0.15) is 0 Å². The lowest BCUT2D eigenvalue weighted by Gasteiger charge is -2.35. The number of nitrogens with one attached hydrogen (secondary N) is 1. The Bertz CT molecular complexity index is 483. The zero-order valence-electron chi connectivity index (χ0n) is 11.5. The average Bonchev–Trinajstić information content (AvgIpc) is 3.18. The van der Waals surface area contributed by atoms with Gasteiger partial charge in [-0.2, -0.15) is 0 Å². The highest BCUT2D eigenvalue weighted by Gasteiger charge is 2.31. The Labute approximate surface area is 133 Å².